The van der Waals surface area contributed by atoms with E-state index in [2.05, 4.69) is 21.2 Å². The standard InChI is InChI=1S/C17H16BrFN2O4S/c1-2-26(23,24)21-10-16(25-15-6-4-3-5-14(15)21)17(22)20-13-8-7-11(18)9-12(13)19/h3-9,16H,2,10H2,1H3,(H,20,22)/t16-/m1/s1. The summed E-state index contributed by atoms with van der Waals surface area (Å²) >= 11 is 3.14. The Morgan fingerprint density at radius 3 is 2.77 bits per heavy atom. The Bertz CT molecular complexity index is 952. The Hall–Kier alpha value is -2.13. The smallest absolute Gasteiger partial charge is 0.267 e. The molecule has 2 aromatic carbocycles. The zero-order chi connectivity index (χ0) is 18.9. The number of carbonyl (C=O) groups excluding carboxylic acids is 1. The van der Waals surface area contributed by atoms with Crippen LogP contribution in [0.15, 0.2) is 46.9 Å². The Morgan fingerprint density at radius 2 is 2.08 bits per heavy atom. The third-order valence-electron chi connectivity index (χ3n) is 3.92. The first kappa shape index (κ1) is 18.7. The van der Waals surface area contributed by atoms with Crippen LogP contribution in [0, 0.1) is 5.82 Å². The number of nitrogens with one attached hydrogen (secondary N) is 1. The minimum atomic E-state index is -3.59. The van der Waals surface area contributed by atoms with E-state index in [-0.39, 0.29) is 23.7 Å². The molecule has 26 heavy (non-hydrogen) atoms. The van der Waals surface area contributed by atoms with Crippen LogP contribution < -0.4 is 14.4 Å². The van der Waals surface area contributed by atoms with Gasteiger partial charge in [-0.1, -0.05) is 28.1 Å². The van der Waals surface area contributed by atoms with Gasteiger partial charge in [0.15, 0.2) is 6.10 Å². The summed E-state index contributed by atoms with van der Waals surface area (Å²) in [6.45, 7) is 1.34. The minimum absolute atomic E-state index is 0.00874. The van der Waals surface area contributed by atoms with Crippen LogP contribution >= 0.6 is 15.9 Å². The minimum Gasteiger partial charge on any atom is -0.476 e. The van der Waals surface area contributed by atoms with E-state index < -0.39 is 27.9 Å². The van der Waals surface area contributed by atoms with Gasteiger partial charge in [-0.05, 0) is 37.3 Å². The second kappa shape index (κ2) is 7.24. The Labute approximate surface area is 159 Å². The molecule has 138 valence electrons. The average molecular weight is 443 g/mol. The van der Waals surface area contributed by atoms with Gasteiger partial charge in [-0.25, -0.2) is 12.8 Å². The molecule has 3 rings (SSSR count). The summed E-state index contributed by atoms with van der Waals surface area (Å²) < 4.78 is 46.1. The molecule has 9 heteroatoms. The van der Waals surface area contributed by atoms with Crippen molar-refractivity contribution in [2.75, 3.05) is 21.9 Å². The number of benzene rings is 2. The van der Waals surface area contributed by atoms with Gasteiger partial charge in [0, 0.05) is 4.47 Å². The zero-order valence-corrected chi connectivity index (χ0v) is 16.2. The molecule has 2 aromatic rings. The molecule has 0 aromatic heterocycles. The number of para-hydroxylation sites is 2. The summed E-state index contributed by atoms with van der Waals surface area (Å²) in [6, 6.07) is 10.8. The molecule has 0 spiro atoms. The largest absolute Gasteiger partial charge is 0.476 e. The summed E-state index contributed by atoms with van der Waals surface area (Å²) in [4.78, 5) is 12.5. The third kappa shape index (κ3) is 3.68. The molecule has 1 N–H and O–H groups in total. The molecule has 0 unspecified atom stereocenters. The summed E-state index contributed by atoms with van der Waals surface area (Å²) in [6.07, 6.45) is -1.10. The maximum atomic E-state index is 13.9. The first-order valence-electron chi connectivity index (χ1n) is 7.84. The lowest BCUT2D eigenvalue weighted by atomic mass is 10.2. The quantitative estimate of drug-likeness (QED) is 0.788. The van der Waals surface area contributed by atoms with Crippen LogP contribution in [0.4, 0.5) is 15.8 Å². The monoisotopic (exact) mass is 442 g/mol. The molecule has 0 saturated carbocycles. The van der Waals surface area contributed by atoms with Crippen LogP contribution in [0.3, 0.4) is 0 Å². The number of anilines is 2. The molecule has 0 saturated heterocycles. The number of nitrogens with zero attached hydrogens (tertiary/aromatic N) is 1. The van der Waals surface area contributed by atoms with Crippen molar-refractivity contribution in [3.8, 4) is 5.75 Å². The Kier molecular flexibility index (Phi) is 5.19. The number of halogens is 2. The molecule has 1 aliphatic rings. The van der Waals surface area contributed by atoms with Crippen molar-refractivity contribution in [1.82, 2.24) is 0 Å². The van der Waals surface area contributed by atoms with Gasteiger partial charge < -0.3 is 10.1 Å². The van der Waals surface area contributed by atoms with Crippen molar-refractivity contribution in [3.05, 3.63) is 52.8 Å². The fourth-order valence-corrected chi connectivity index (χ4v) is 4.02. The summed E-state index contributed by atoms with van der Waals surface area (Å²) in [5.74, 6) is -1.07. The number of ether oxygens (including phenoxy) is 1. The van der Waals surface area contributed by atoms with E-state index in [4.69, 9.17) is 4.74 Å². The second-order valence-corrected chi connectivity index (χ2v) is 8.72. The van der Waals surface area contributed by atoms with E-state index in [1.807, 2.05) is 0 Å². The summed E-state index contributed by atoms with van der Waals surface area (Å²) in [5, 5.41) is 2.45. The van der Waals surface area contributed by atoms with Gasteiger partial charge >= 0.3 is 0 Å². The molecule has 0 bridgehead atoms. The van der Waals surface area contributed by atoms with Gasteiger partial charge in [0.1, 0.15) is 11.6 Å². The predicted octanol–water partition coefficient (Wildman–Crippen LogP) is 3.14. The first-order chi connectivity index (χ1) is 12.3. The number of hydrogen-bond acceptors (Lipinski definition) is 4. The SMILES string of the molecule is CCS(=O)(=O)N1C[C@H](C(=O)Nc2ccc(Br)cc2F)Oc2ccccc21. The molecule has 1 amide bonds. The topological polar surface area (TPSA) is 75.7 Å². The predicted molar refractivity (Wildman–Crippen MR) is 100 cm³/mol. The number of carbonyl (C=O) groups is 1. The normalized spacial score (nSPS) is 16.6. The zero-order valence-electron chi connectivity index (χ0n) is 13.8. The molecule has 6 nitrogen and oxygen atoms in total. The number of hydrogen-bond donors (Lipinski definition) is 1. The van der Waals surface area contributed by atoms with Crippen molar-refractivity contribution in [1.29, 1.82) is 0 Å². The lowest BCUT2D eigenvalue weighted by Crippen LogP contribution is -2.49. The van der Waals surface area contributed by atoms with Crippen molar-refractivity contribution in [2.24, 2.45) is 0 Å². The lowest BCUT2D eigenvalue weighted by molar-refractivity contribution is -0.122. The Morgan fingerprint density at radius 1 is 1.35 bits per heavy atom. The molecule has 0 aliphatic carbocycles. The van der Waals surface area contributed by atoms with Gasteiger partial charge in [-0.2, -0.15) is 0 Å². The molecule has 1 atom stereocenters. The molecular weight excluding hydrogens is 427 g/mol. The molecule has 1 aliphatic heterocycles. The van der Waals surface area contributed by atoms with Gasteiger partial charge in [0.05, 0.1) is 23.7 Å². The molecule has 0 fully saturated rings. The number of rotatable bonds is 4. The van der Waals surface area contributed by atoms with Crippen LogP contribution in [-0.2, 0) is 14.8 Å². The van der Waals surface area contributed by atoms with Crippen molar-refractivity contribution in [3.63, 3.8) is 0 Å². The molecule has 1 heterocycles. The molecular formula is C17H16BrFN2O4S. The maximum absolute atomic E-state index is 13.9. The number of fused-ring (bicyclic) bond motifs is 1. The third-order valence-corrected chi connectivity index (χ3v) is 6.16. The van der Waals surface area contributed by atoms with Gasteiger partial charge in [0.25, 0.3) is 5.91 Å². The van der Waals surface area contributed by atoms with Crippen LogP contribution in [-0.4, -0.2) is 32.7 Å². The highest BCUT2D eigenvalue weighted by molar-refractivity contribution is 9.10. The fourth-order valence-electron chi connectivity index (χ4n) is 2.56. The van der Waals surface area contributed by atoms with Crippen LogP contribution in [0.25, 0.3) is 0 Å². The lowest BCUT2D eigenvalue weighted by Gasteiger charge is -2.34. The van der Waals surface area contributed by atoms with E-state index in [1.54, 1.807) is 30.3 Å². The highest BCUT2D eigenvalue weighted by Crippen LogP contribution is 2.35. The maximum Gasteiger partial charge on any atom is 0.267 e. The first-order valence-corrected chi connectivity index (χ1v) is 10.2. The van der Waals surface area contributed by atoms with Crippen molar-refractivity contribution >= 4 is 43.2 Å². The number of sulfonamides is 1. The van der Waals surface area contributed by atoms with Gasteiger partial charge in [-0.3, -0.25) is 9.10 Å². The van der Waals surface area contributed by atoms with E-state index in [0.29, 0.717) is 10.2 Å². The number of amides is 1. The highest BCUT2D eigenvalue weighted by atomic mass is 79.9. The molecule has 0 radical (unpaired) electrons. The van der Waals surface area contributed by atoms with Gasteiger partial charge in [0.2, 0.25) is 10.0 Å². The van der Waals surface area contributed by atoms with E-state index >= 15 is 0 Å². The summed E-state index contributed by atoms with van der Waals surface area (Å²) in [5.41, 5.74) is 0.374. The Balaban J connectivity index is 1.88. The van der Waals surface area contributed by atoms with Crippen molar-refractivity contribution in [2.45, 2.75) is 13.0 Å². The van der Waals surface area contributed by atoms with E-state index in [9.17, 15) is 17.6 Å². The van der Waals surface area contributed by atoms with Crippen LogP contribution in [0.5, 0.6) is 5.75 Å². The average Bonchev–Trinajstić information content (AvgIpc) is 2.63. The van der Waals surface area contributed by atoms with E-state index in [0.717, 1.165) is 4.31 Å². The highest BCUT2D eigenvalue weighted by Gasteiger charge is 2.36. The van der Waals surface area contributed by atoms with Gasteiger partial charge in [-0.15, -0.1) is 0 Å². The van der Waals surface area contributed by atoms with Crippen LogP contribution in [0.1, 0.15) is 6.92 Å². The second-order valence-electron chi connectivity index (χ2n) is 5.62. The van der Waals surface area contributed by atoms with E-state index in [1.165, 1.54) is 19.1 Å². The summed E-state index contributed by atoms with van der Waals surface area (Å²) in [7, 11) is -3.59. The van der Waals surface area contributed by atoms with Crippen LogP contribution in [0.2, 0.25) is 0 Å². The van der Waals surface area contributed by atoms with Crippen molar-refractivity contribution < 1.29 is 22.3 Å². The fraction of sp³-hybridized carbons (Fsp3) is 0.235.